The van der Waals surface area contributed by atoms with Crippen LogP contribution in [0.5, 0.6) is 0 Å². The summed E-state index contributed by atoms with van der Waals surface area (Å²) in [6.07, 6.45) is 0. The van der Waals surface area contributed by atoms with Crippen LogP contribution in [-0.2, 0) is 20.1 Å². The molecule has 24 heavy (non-hydrogen) atoms. The van der Waals surface area contributed by atoms with Crippen molar-refractivity contribution in [2.75, 3.05) is 26.0 Å². The third-order valence-electron chi connectivity index (χ3n) is 4.20. The Labute approximate surface area is 144 Å². The zero-order valence-electron chi connectivity index (χ0n) is 15.5. The Morgan fingerprint density at radius 3 is 2.50 bits per heavy atom. The molecule has 2 rings (SSSR count). The van der Waals surface area contributed by atoms with E-state index in [1.54, 1.807) is 7.05 Å². The highest BCUT2D eigenvalue weighted by Crippen LogP contribution is 2.13. The molecule has 6 nitrogen and oxygen atoms in total. The maximum Gasteiger partial charge on any atom is 0.191 e. The van der Waals surface area contributed by atoms with E-state index in [1.165, 1.54) is 22.5 Å². The minimum atomic E-state index is 0.711. The fraction of sp³-hybridized carbons (Fsp3) is 0.444. The molecule has 130 valence electrons. The topological polar surface area (TPSA) is 57.5 Å². The maximum atomic E-state index is 4.45. The summed E-state index contributed by atoms with van der Waals surface area (Å²) in [6.45, 7) is 5.56. The minimum Gasteiger partial charge on any atom is -0.378 e. The van der Waals surface area contributed by atoms with Gasteiger partial charge in [0, 0.05) is 58.2 Å². The normalized spacial score (nSPS) is 11.5. The zero-order valence-corrected chi connectivity index (χ0v) is 15.5. The molecule has 0 aliphatic rings. The van der Waals surface area contributed by atoms with Gasteiger partial charge in [0.2, 0.25) is 0 Å². The lowest BCUT2D eigenvalue weighted by molar-refractivity contribution is 0.728. The fourth-order valence-electron chi connectivity index (χ4n) is 2.60. The third kappa shape index (κ3) is 4.28. The standard InChI is InChI=1S/C18H28N6/c1-13-17(14(2)24(6)22-13)12-21-18(19-3)20-11-15-8-7-9-16(10-15)23(4)5/h7-10H,11-12H2,1-6H3,(H2,19,20,21). The van der Waals surface area contributed by atoms with Gasteiger partial charge in [0.15, 0.2) is 5.96 Å². The summed E-state index contributed by atoms with van der Waals surface area (Å²) in [5, 5.41) is 11.2. The van der Waals surface area contributed by atoms with Crippen LogP contribution in [0.4, 0.5) is 5.69 Å². The first-order valence-electron chi connectivity index (χ1n) is 8.12. The molecule has 0 bridgehead atoms. The number of benzene rings is 1. The molecule has 0 fully saturated rings. The van der Waals surface area contributed by atoms with Crippen molar-refractivity contribution < 1.29 is 0 Å². The number of nitrogens with zero attached hydrogens (tertiary/aromatic N) is 4. The highest BCUT2D eigenvalue weighted by molar-refractivity contribution is 5.79. The van der Waals surface area contributed by atoms with Gasteiger partial charge in [0.1, 0.15) is 0 Å². The Bertz CT molecular complexity index is 714. The molecule has 1 aromatic carbocycles. The van der Waals surface area contributed by atoms with Crippen molar-refractivity contribution in [2.45, 2.75) is 26.9 Å². The van der Waals surface area contributed by atoms with E-state index >= 15 is 0 Å². The lowest BCUT2D eigenvalue weighted by Crippen LogP contribution is -2.36. The van der Waals surface area contributed by atoms with Crippen LogP contribution in [0.3, 0.4) is 0 Å². The van der Waals surface area contributed by atoms with Crippen molar-refractivity contribution in [3.05, 3.63) is 46.8 Å². The first-order chi connectivity index (χ1) is 11.4. The molecule has 2 N–H and O–H groups in total. The molecule has 0 aliphatic heterocycles. The van der Waals surface area contributed by atoms with Crippen molar-refractivity contribution in [3.8, 4) is 0 Å². The first kappa shape index (κ1) is 17.8. The molecule has 2 aromatic rings. The minimum absolute atomic E-state index is 0.711. The van der Waals surface area contributed by atoms with Crippen LogP contribution in [0.2, 0.25) is 0 Å². The SMILES string of the molecule is CN=C(NCc1cccc(N(C)C)c1)NCc1c(C)nn(C)c1C. The van der Waals surface area contributed by atoms with E-state index in [1.807, 2.05) is 32.7 Å². The number of aromatic nitrogens is 2. The van der Waals surface area contributed by atoms with Crippen LogP contribution in [0.1, 0.15) is 22.5 Å². The van der Waals surface area contributed by atoms with E-state index in [0.29, 0.717) is 6.54 Å². The number of hydrogen-bond acceptors (Lipinski definition) is 3. The summed E-state index contributed by atoms with van der Waals surface area (Å²) in [5.74, 6) is 0.785. The van der Waals surface area contributed by atoms with Gasteiger partial charge in [-0.05, 0) is 31.5 Å². The largest absolute Gasteiger partial charge is 0.378 e. The zero-order chi connectivity index (χ0) is 17.7. The second-order valence-electron chi connectivity index (χ2n) is 6.12. The van der Waals surface area contributed by atoms with Crippen molar-refractivity contribution in [1.29, 1.82) is 0 Å². The van der Waals surface area contributed by atoms with Crippen LogP contribution in [0.15, 0.2) is 29.3 Å². The average molecular weight is 328 g/mol. The molecule has 0 saturated carbocycles. The van der Waals surface area contributed by atoms with Crippen LogP contribution >= 0.6 is 0 Å². The molecule has 0 amide bonds. The van der Waals surface area contributed by atoms with E-state index in [2.05, 4.69) is 56.8 Å². The number of aliphatic imine (C=N–C) groups is 1. The summed E-state index contributed by atoms with van der Waals surface area (Å²) < 4.78 is 1.91. The summed E-state index contributed by atoms with van der Waals surface area (Å²) >= 11 is 0. The van der Waals surface area contributed by atoms with E-state index < -0.39 is 0 Å². The molecular formula is C18H28N6. The van der Waals surface area contributed by atoms with Crippen LogP contribution in [0, 0.1) is 13.8 Å². The highest BCUT2D eigenvalue weighted by Gasteiger charge is 2.09. The summed E-state index contributed by atoms with van der Waals surface area (Å²) in [6, 6.07) is 8.47. The number of aryl methyl sites for hydroxylation is 2. The predicted octanol–water partition coefficient (Wildman–Crippen LogP) is 1.97. The van der Waals surface area contributed by atoms with Gasteiger partial charge in [-0.25, -0.2) is 0 Å². The Morgan fingerprint density at radius 1 is 1.21 bits per heavy atom. The van der Waals surface area contributed by atoms with E-state index in [9.17, 15) is 0 Å². The number of rotatable bonds is 5. The monoisotopic (exact) mass is 328 g/mol. The molecule has 0 saturated heterocycles. The van der Waals surface area contributed by atoms with Gasteiger partial charge >= 0.3 is 0 Å². The van der Waals surface area contributed by atoms with Crippen LogP contribution in [-0.4, -0.2) is 36.9 Å². The lowest BCUT2D eigenvalue weighted by Gasteiger charge is -2.15. The van der Waals surface area contributed by atoms with Gasteiger partial charge < -0.3 is 15.5 Å². The Kier molecular flexibility index (Phi) is 5.84. The molecule has 0 atom stereocenters. The van der Waals surface area contributed by atoms with Crippen molar-refractivity contribution in [3.63, 3.8) is 0 Å². The molecule has 0 unspecified atom stereocenters. The van der Waals surface area contributed by atoms with Gasteiger partial charge in [-0.1, -0.05) is 12.1 Å². The maximum absolute atomic E-state index is 4.45. The van der Waals surface area contributed by atoms with Gasteiger partial charge in [-0.3, -0.25) is 9.67 Å². The van der Waals surface area contributed by atoms with Crippen LogP contribution in [0.25, 0.3) is 0 Å². The molecule has 0 spiro atoms. The number of nitrogens with one attached hydrogen (secondary N) is 2. The number of hydrogen-bond donors (Lipinski definition) is 2. The van der Waals surface area contributed by atoms with E-state index in [0.717, 1.165) is 18.2 Å². The second-order valence-corrected chi connectivity index (χ2v) is 6.12. The molecule has 0 radical (unpaired) electrons. The van der Waals surface area contributed by atoms with Crippen molar-refractivity contribution in [1.82, 2.24) is 20.4 Å². The quantitative estimate of drug-likeness (QED) is 0.651. The first-order valence-corrected chi connectivity index (χ1v) is 8.12. The second kappa shape index (κ2) is 7.86. The Hall–Kier alpha value is -2.50. The molecule has 1 aromatic heterocycles. The summed E-state index contributed by atoms with van der Waals surface area (Å²) in [5.41, 5.74) is 5.86. The summed E-state index contributed by atoms with van der Waals surface area (Å²) in [4.78, 5) is 6.40. The predicted molar refractivity (Wildman–Crippen MR) is 100 cm³/mol. The lowest BCUT2D eigenvalue weighted by atomic mass is 10.2. The van der Waals surface area contributed by atoms with Gasteiger partial charge in [-0.15, -0.1) is 0 Å². The highest BCUT2D eigenvalue weighted by atomic mass is 15.3. The molecule has 0 aliphatic carbocycles. The summed E-state index contributed by atoms with van der Waals surface area (Å²) in [7, 11) is 7.85. The Morgan fingerprint density at radius 2 is 1.92 bits per heavy atom. The van der Waals surface area contributed by atoms with Crippen molar-refractivity contribution >= 4 is 11.6 Å². The third-order valence-corrected chi connectivity index (χ3v) is 4.20. The van der Waals surface area contributed by atoms with Gasteiger partial charge in [-0.2, -0.15) is 5.10 Å². The van der Waals surface area contributed by atoms with Crippen molar-refractivity contribution in [2.24, 2.45) is 12.0 Å². The number of anilines is 1. The number of guanidine groups is 1. The molecular weight excluding hydrogens is 300 g/mol. The average Bonchev–Trinajstić information content (AvgIpc) is 2.81. The van der Waals surface area contributed by atoms with Gasteiger partial charge in [0.25, 0.3) is 0 Å². The van der Waals surface area contributed by atoms with E-state index in [-0.39, 0.29) is 0 Å². The van der Waals surface area contributed by atoms with Crippen LogP contribution < -0.4 is 15.5 Å². The fourth-order valence-corrected chi connectivity index (χ4v) is 2.60. The van der Waals surface area contributed by atoms with E-state index in [4.69, 9.17) is 0 Å². The molecule has 1 heterocycles. The Balaban J connectivity index is 1.94. The molecule has 6 heteroatoms. The smallest absolute Gasteiger partial charge is 0.191 e. The van der Waals surface area contributed by atoms with Gasteiger partial charge in [0.05, 0.1) is 5.69 Å².